The number of carbonyl (C=O) groups is 1. The van der Waals surface area contributed by atoms with E-state index in [2.05, 4.69) is 5.32 Å². The molecule has 0 aliphatic heterocycles. The monoisotopic (exact) mass is 368 g/mol. The highest BCUT2D eigenvalue weighted by molar-refractivity contribution is 6.30. The Kier molecular flexibility index (Phi) is 8.16. The van der Waals surface area contributed by atoms with Crippen LogP contribution in [0, 0.1) is 0 Å². The van der Waals surface area contributed by atoms with E-state index in [1.165, 1.54) is 19.3 Å². The molecule has 6 heteroatoms. The maximum absolute atomic E-state index is 13.0. The minimum Gasteiger partial charge on any atom is -0.355 e. The average Bonchev–Trinajstić information content (AvgIpc) is 2.62. The molecule has 0 bridgehead atoms. The van der Waals surface area contributed by atoms with Gasteiger partial charge in [-0.1, -0.05) is 43.0 Å². The summed E-state index contributed by atoms with van der Waals surface area (Å²) in [7, 11) is 5.10. The number of methoxy groups -OCH3 is 2. The topological polar surface area (TPSA) is 50.8 Å². The van der Waals surface area contributed by atoms with Gasteiger partial charge in [0.05, 0.1) is 6.54 Å². The first-order chi connectivity index (χ1) is 12.0. The molecule has 0 spiro atoms. The molecule has 1 fully saturated rings. The largest absolute Gasteiger partial charge is 0.355 e. The zero-order valence-corrected chi connectivity index (χ0v) is 16.1. The minimum atomic E-state index is -0.410. The summed E-state index contributed by atoms with van der Waals surface area (Å²) < 4.78 is 10.6. The van der Waals surface area contributed by atoms with Gasteiger partial charge in [0, 0.05) is 25.3 Å². The van der Waals surface area contributed by atoms with Crippen LogP contribution < -0.4 is 5.32 Å². The number of carbonyl (C=O) groups excluding carboxylic acids is 1. The number of ether oxygens (including phenoxy) is 2. The van der Waals surface area contributed by atoms with Gasteiger partial charge in [0.1, 0.15) is 6.04 Å². The van der Waals surface area contributed by atoms with Gasteiger partial charge in [-0.05, 0) is 37.6 Å². The maximum atomic E-state index is 13.0. The van der Waals surface area contributed by atoms with Crippen molar-refractivity contribution < 1.29 is 14.3 Å². The Morgan fingerprint density at radius 2 is 1.80 bits per heavy atom. The molecule has 25 heavy (non-hydrogen) atoms. The van der Waals surface area contributed by atoms with Crippen molar-refractivity contribution in [3.8, 4) is 0 Å². The van der Waals surface area contributed by atoms with Crippen LogP contribution in [0.3, 0.4) is 0 Å². The van der Waals surface area contributed by atoms with E-state index in [1.54, 1.807) is 14.2 Å². The second-order valence-corrected chi connectivity index (χ2v) is 7.07. The van der Waals surface area contributed by atoms with Gasteiger partial charge < -0.3 is 14.8 Å². The smallest absolute Gasteiger partial charge is 0.242 e. The van der Waals surface area contributed by atoms with E-state index in [4.69, 9.17) is 21.1 Å². The molecule has 1 aliphatic rings. The number of benzene rings is 1. The van der Waals surface area contributed by atoms with E-state index in [-0.39, 0.29) is 18.2 Å². The summed E-state index contributed by atoms with van der Waals surface area (Å²) >= 11 is 6.01. The first-order valence-electron chi connectivity index (χ1n) is 8.86. The van der Waals surface area contributed by atoms with Crippen LogP contribution in [0.5, 0.6) is 0 Å². The third-order valence-corrected chi connectivity index (χ3v) is 5.04. The molecule has 0 aromatic heterocycles. The number of rotatable bonds is 8. The van der Waals surface area contributed by atoms with E-state index in [1.807, 2.05) is 36.2 Å². The van der Waals surface area contributed by atoms with Gasteiger partial charge in [-0.25, -0.2) is 0 Å². The standard InChI is InChI=1S/C19H29ClN2O3/c1-22(13-17(24-2)25-3)18(14-9-11-15(20)12-10-14)19(23)21-16-7-5-4-6-8-16/h9-12,16-18H,4-8,13H2,1-3H3,(H,21,23)/t18-/m0/s1. The third kappa shape index (κ3) is 5.96. The molecule has 0 heterocycles. The average molecular weight is 369 g/mol. The van der Waals surface area contributed by atoms with Gasteiger partial charge in [-0.15, -0.1) is 0 Å². The first kappa shape index (κ1) is 20.2. The Balaban J connectivity index is 2.15. The molecule has 5 nitrogen and oxygen atoms in total. The predicted octanol–water partition coefficient (Wildman–Crippen LogP) is 3.38. The normalized spacial score (nSPS) is 17.0. The van der Waals surface area contributed by atoms with Crippen molar-refractivity contribution in [1.29, 1.82) is 0 Å². The Labute approximate surface area is 155 Å². The van der Waals surface area contributed by atoms with Crippen molar-refractivity contribution in [1.82, 2.24) is 10.2 Å². The van der Waals surface area contributed by atoms with E-state index >= 15 is 0 Å². The number of nitrogens with one attached hydrogen (secondary N) is 1. The van der Waals surface area contributed by atoms with Crippen LogP contribution in [-0.2, 0) is 14.3 Å². The first-order valence-corrected chi connectivity index (χ1v) is 9.24. The van der Waals surface area contributed by atoms with Gasteiger partial charge in [-0.2, -0.15) is 0 Å². The summed E-state index contributed by atoms with van der Waals surface area (Å²) in [6, 6.07) is 7.29. The number of likely N-dealkylation sites (N-methyl/N-ethyl adjacent to an activating group) is 1. The highest BCUT2D eigenvalue weighted by atomic mass is 35.5. The van der Waals surface area contributed by atoms with Crippen molar-refractivity contribution >= 4 is 17.5 Å². The number of hydrogen-bond donors (Lipinski definition) is 1. The van der Waals surface area contributed by atoms with Crippen molar-refractivity contribution in [3.05, 3.63) is 34.9 Å². The van der Waals surface area contributed by atoms with Crippen LogP contribution in [0.25, 0.3) is 0 Å². The van der Waals surface area contributed by atoms with Crippen LogP contribution in [0.4, 0.5) is 0 Å². The molecule has 1 N–H and O–H groups in total. The Morgan fingerprint density at radius 1 is 1.20 bits per heavy atom. The van der Waals surface area contributed by atoms with E-state index in [0.29, 0.717) is 11.6 Å². The fraction of sp³-hybridized carbons (Fsp3) is 0.632. The van der Waals surface area contributed by atoms with Gasteiger partial charge in [0.15, 0.2) is 6.29 Å². The van der Waals surface area contributed by atoms with Crippen LogP contribution in [-0.4, -0.2) is 51.0 Å². The van der Waals surface area contributed by atoms with Crippen LogP contribution in [0.15, 0.2) is 24.3 Å². The minimum absolute atomic E-state index is 0.0164. The Hall–Kier alpha value is -1.14. The highest BCUT2D eigenvalue weighted by Crippen LogP contribution is 2.24. The molecule has 140 valence electrons. The molecule has 1 atom stereocenters. The van der Waals surface area contributed by atoms with Crippen molar-refractivity contribution in [2.75, 3.05) is 27.8 Å². The summed E-state index contributed by atoms with van der Waals surface area (Å²) in [5, 5.41) is 3.88. The Morgan fingerprint density at radius 3 is 2.36 bits per heavy atom. The van der Waals surface area contributed by atoms with Gasteiger partial charge in [0.25, 0.3) is 0 Å². The highest BCUT2D eigenvalue weighted by Gasteiger charge is 2.29. The lowest BCUT2D eigenvalue weighted by Crippen LogP contribution is -2.46. The van der Waals surface area contributed by atoms with Crippen LogP contribution in [0.2, 0.25) is 5.02 Å². The molecule has 1 amide bonds. The number of nitrogens with zero attached hydrogens (tertiary/aromatic N) is 1. The molecular formula is C19H29ClN2O3. The molecule has 0 unspecified atom stereocenters. The zero-order valence-electron chi connectivity index (χ0n) is 15.3. The molecule has 0 radical (unpaired) electrons. The maximum Gasteiger partial charge on any atom is 0.242 e. The van der Waals surface area contributed by atoms with Crippen molar-refractivity contribution in [2.24, 2.45) is 0 Å². The Bertz CT molecular complexity index is 528. The summed E-state index contributed by atoms with van der Waals surface area (Å²) in [6.07, 6.45) is 5.35. The quantitative estimate of drug-likeness (QED) is 0.715. The van der Waals surface area contributed by atoms with E-state index < -0.39 is 6.04 Å². The van der Waals surface area contributed by atoms with Crippen molar-refractivity contribution in [2.45, 2.75) is 50.5 Å². The molecule has 0 saturated heterocycles. The third-order valence-electron chi connectivity index (χ3n) is 4.79. The second-order valence-electron chi connectivity index (χ2n) is 6.64. The number of halogens is 1. The summed E-state index contributed by atoms with van der Waals surface area (Å²) in [5.41, 5.74) is 0.908. The van der Waals surface area contributed by atoms with E-state index in [9.17, 15) is 4.79 Å². The van der Waals surface area contributed by atoms with E-state index in [0.717, 1.165) is 18.4 Å². The number of amides is 1. The SMILES string of the molecule is COC(CN(C)[C@H](C(=O)NC1CCCCC1)c1ccc(Cl)cc1)OC. The molecule has 1 aromatic carbocycles. The predicted molar refractivity (Wildman–Crippen MR) is 99.6 cm³/mol. The van der Waals surface area contributed by atoms with Gasteiger partial charge in [-0.3, -0.25) is 9.69 Å². The fourth-order valence-electron chi connectivity index (χ4n) is 3.36. The van der Waals surface area contributed by atoms with Gasteiger partial charge >= 0.3 is 0 Å². The van der Waals surface area contributed by atoms with Gasteiger partial charge in [0.2, 0.25) is 5.91 Å². The lowest BCUT2D eigenvalue weighted by molar-refractivity contribution is -0.135. The molecule has 1 aliphatic carbocycles. The summed E-state index contributed by atoms with van der Waals surface area (Å²) in [6.45, 7) is 0.485. The fourth-order valence-corrected chi connectivity index (χ4v) is 3.49. The molecule has 2 rings (SSSR count). The van der Waals surface area contributed by atoms with Crippen molar-refractivity contribution in [3.63, 3.8) is 0 Å². The zero-order chi connectivity index (χ0) is 18.2. The van der Waals surface area contributed by atoms with Crippen LogP contribution >= 0.6 is 11.6 Å². The summed E-state index contributed by atoms with van der Waals surface area (Å²) in [4.78, 5) is 15.0. The lowest BCUT2D eigenvalue weighted by atomic mass is 9.94. The van der Waals surface area contributed by atoms with Crippen LogP contribution in [0.1, 0.15) is 43.7 Å². The molecular weight excluding hydrogens is 340 g/mol. The summed E-state index contributed by atoms with van der Waals surface area (Å²) in [5.74, 6) is 0.0164. The second kappa shape index (κ2) is 10.1. The molecule has 1 saturated carbocycles. The lowest BCUT2D eigenvalue weighted by Gasteiger charge is -2.32. The number of hydrogen-bond acceptors (Lipinski definition) is 4. The molecule has 1 aromatic rings.